The molecule has 0 fully saturated rings. The third-order valence-electron chi connectivity index (χ3n) is 2.03. The zero-order valence-electron chi connectivity index (χ0n) is 7.84. The summed E-state index contributed by atoms with van der Waals surface area (Å²) in [4.78, 5) is 5.07. The number of hydrogen-bond donors (Lipinski definition) is 1. The molecule has 0 amide bonds. The lowest BCUT2D eigenvalue weighted by atomic mass is 10.2. The maximum Gasteiger partial charge on any atom is 0.0453 e. The molecule has 0 saturated carbocycles. The molecule has 2 aromatic rings. The lowest BCUT2D eigenvalue weighted by molar-refractivity contribution is 0.988. The molecular formula is C11H9Cl2NS. The van der Waals surface area contributed by atoms with Gasteiger partial charge in [0.2, 0.25) is 0 Å². The highest BCUT2D eigenvalue weighted by Gasteiger charge is 2.02. The average molecular weight is 258 g/mol. The van der Waals surface area contributed by atoms with Crippen molar-refractivity contribution in [3.8, 4) is 10.4 Å². The maximum atomic E-state index is 5.83. The first-order valence-electron chi connectivity index (χ1n) is 4.48. The van der Waals surface area contributed by atoms with E-state index in [0.29, 0.717) is 6.54 Å². The number of benzene rings is 1. The SMILES string of the molecule is ClNCc1ccc(-c2ccc(Cl)cc2)s1. The molecule has 0 bridgehead atoms. The van der Waals surface area contributed by atoms with Gasteiger partial charge in [-0.15, -0.1) is 11.3 Å². The Labute approximate surface area is 103 Å². The van der Waals surface area contributed by atoms with Crippen LogP contribution in [0.3, 0.4) is 0 Å². The Balaban J connectivity index is 2.25. The molecule has 1 aromatic heterocycles. The minimum Gasteiger partial charge on any atom is -0.228 e. The molecule has 1 nitrogen and oxygen atoms in total. The molecule has 0 atom stereocenters. The van der Waals surface area contributed by atoms with Crippen LogP contribution >= 0.6 is 34.7 Å². The maximum absolute atomic E-state index is 5.83. The molecule has 1 heterocycles. The van der Waals surface area contributed by atoms with Crippen LogP contribution in [0.2, 0.25) is 5.02 Å². The Morgan fingerprint density at radius 1 is 1.07 bits per heavy atom. The van der Waals surface area contributed by atoms with Crippen molar-refractivity contribution in [2.45, 2.75) is 6.54 Å². The molecule has 0 aliphatic rings. The molecule has 0 aliphatic carbocycles. The normalized spacial score (nSPS) is 10.5. The van der Waals surface area contributed by atoms with Gasteiger partial charge in [0, 0.05) is 21.3 Å². The van der Waals surface area contributed by atoms with E-state index in [1.54, 1.807) is 11.3 Å². The van der Waals surface area contributed by atoms with Crippen LogP contribution in [0.25, 0.3) is 10.4 Å². The molecule has 0 aliphatic heterocycles. The van der Waals surface area contributed by atoms with Gasteiger partial charge in [-0.25, -0.2) is 4.84 Å². The van der Waals surface area contributed by atoms with Crippen molar-refractivity contribution in [3.05, 3.63) is 46.3 Å². The summed E-state index contributed by atoms with van der Waals surface area (Å²) >= 11 is 13.0. The second-order valence-electron chi connectivity index (χ2n) is 3.08. The molecule has 0 unspecified atom stereocenters. The summed E-state index contributed by atoms with van der Waals surface area (Å²) in [7, 11) is 0. The van der Waals surface area contributed by atoms with Gasteiger partial charge in [-0.3, -0.25) is 0 Å². The first kappa shape index (κ1) is 11.0. The molecule has 0 spiro atoms. The van der Waals surface area contributed by atoms with Gasteiger partial charge in [0.05, 0.1) is 0 Å². The Morgan fingerprint density at radius 2 is 1.80 bits per heavy atom. The van der Waals surface area contributed by atoms with Gasteiger partial charge in [-0.2, -0.15) is 0 Å². The number of nitrogens with one attached hydrogen (secondary N) is 1. The predicted molar refractivity (Wildman–Crippen MR) is 67.5 cm³/mol. The van der Waals surface area contributed by atoms with E-state index >= 15 is 0 Å². The minimum absolute atomic E-state index is 0.694. The van der Waals surface area contributed by atoms with Crippen LogP contribution in [-0.4, -0.2) is 0 Å². The Hall–Kier alpha value is -0.540. The van der Waals surface area contributed by atoms with Gasteiger partial charge in [0.15, 0.2) is 0 Å². The fourth-order valence-corrected chi connectivity index (χ4v) is 2.61. The van der Waals surface area contributed by atoms with Gasteiger partial charge in [0.25, 0.3) is 0 Å². The summed E-state index contributed by atoms with van der Waals surface area (Å²) in [5.74, 6) is 0. The lowest BCUT2D eigenvalue weighted by Gasteiger charge is -1.96. The highest BCUT2D eigenvalue weighted by Crippen LogP contribution is 2.28. The van der Waals surface area contributed by atoms with E-state index in [2.05, 4.69) is 17.0 Å². The van der Waals surface area contributed by atoms with Crippen molar-refractivity contribution in [1.29, 1.82) is 0 Å². The van der Waals surface area contributed by atoms with Crippen molar-refractivity contribution in [2.24, 2.45) is 0 Å². The van der Waals surface area contributed by atoms with Crippen molar-refractivity contribution in [3.63, 3.8) is 0 Å². The highest BCUT2D eigenvalue weighted by atomic mass is 35.5. The van der Waals surface area contributed by atoms with Crippen LogP contribution in [0.4, 0.5) is 0 Å². The molecule has 15 heavy (non-hydrogen) atoms. The molecule has 78 valence electrons. The lowest BCUT2D eigenvalue weighted by Crippen LogP contribution is -1.94. The van der Waals surface area contributed by atoms with Crippen LogP contribution in [0.15, 0.2) is 36.4 Å². The summed E-state index contributed by atoms with van der Waals surface area (Å²) in [6, 6.07) is 12.0. The Morgan fingerprint density at radius 3 is 2.47 bits per heavy atom. The van der Waals surface area contributed by atoms with Crippen LogP contribution in [0.5, 0.6) is 0 Å². The van der Waals surface area contributed by atoms with Gasteiger partial charge in [-0.05, 0) is 41.6 Å². The first-order chi connectivity index (χ1) is 7.29. The molecule has 0 saturated heterocycles. The molecule has 1 N–H and O–H groups in total. The van der Waals surface area contributed by atoms with Gasteiger partial charge < -0.3 is 0 Å². The molecule has 1 aromatic carbocycles. The van der Waals surface area contributed by atoms with E-state index < -0.39 is 0 Å². The summed E-state index contributed by atoms with van der Waals surface area (Å²) in [5.41, 5.74) is 1.19. The van der Waals surface area contributed by atoms with Crippen LogP contribution in [0, 0.1) is 0 Å². The number of hydrogen-bond acceptors (Lipinski definition) is 2. The van der Waals surface area contributed by atoms with E-state index in [1.807, 2.05) is 24.3 Å². The van der Waals surface area contributed by atoms with E-state index in [0.717, 1.165) is 5.02 Å². The van der Waals surface area contributed by atoms with Gasteiger partial charge in [-0.1, -0.05) is 23.7 Å². The summed E-state index contributed by atoms with van der Waals surface area (Å²) < 4.78 is 0. The van der Waals surface area contributed by atoms with Gasteiger partial charge >= 0.3 is 0 Å². The molecular weight excluding hydrogens is 249 g/mol. The third kappa shape index (κ3) is 2.73. The van der Waals surface area contributed by atoms with E-state index in [-0.39, 0.29) is 0 Å². The molecule has 0 radical (unpaired) electrons. The second kappa shape index (κ2) is 4.99. The third-order valence-corrected chi connectivity index (χ3v) is 3.55. The zero-order chi connectivity index (χ0) is 10.7. The van der Waals surface area contributed by atoms with Crippen molar-refractivity contribution in [2.75, 3.05) is 0 Å². The Bertz CT molecular complexity index is 436. The van der Waals surface area contributed by atoms with Gasteiger partial charge in [0.1, 0.15) is 0 Å². The highest BCUT2D eigenvalue weighted by molar-refractivity contribution is 7.15. The van der Waals surface area contributed by atoms with Crippen LogP contribution < -0.4 is 4.84 Å². The zero-order valence-corrected chi connectivity index (χ0v) is 10.2. The van der Waals surface area contributed by atoms with E-state index in [1.165, 1.54) is 15.3 Å². The minimum atomic E-state index is 0.694. The topological polar surface area (TPSA) is 12.0 Å². The monoisotopic (exact) mass is 257 g/mol. The fraction of sp³-hybridized carbons (Fsp3) is 0.0909. The smallest absolute Gasteiger partial charge is 0.0453 e. The summed E-state index contributed by atoms with van der Waals surface area (Å²) in [6.07, 6.45) is 0. The largest absolute Gasteiger partial charge is 0.228 e. The number of halogens is 2. The average Bonchev–Trinajstić information content (AvgIpc) is 2.68. The fourth-order valence-electron chi connectivity index (χ4n) is 1.31. The summed E-state index contributed by atoms with van der Waals surface area (Å²) in [6.45, 7) is 0.694. The van der Waals surface area contributed by atoms with Crippen LogP contribution in [0.1, 0.15) is 4.88 Å². The van der Waals surface area contributed by atoms with Crippen molar-refractivity contribution in [1.82, 2.24) is 4.84 Å². The molecule has 4 heteroatoms. The number of thiophene rings is 1. The first-order valence-corrected chi connectivity index (χ1v) is 6.05. The second-order valence-corrected chi connectivity index (χ2v) is 4.96. The van der Waals surface area contributed by atoms with Crippen molar-refractivity contribution >= 4 is 34.7 Å². The quantitative estimate of drug-likeness (QED) is 0.809. The van der Waals surface area contributed by atoms with E-state index in [4.69, 9.17) is 23.4 Å². The summed E-state index contributed by atoms with van der Waals surface area (Å²) in [5, 5.41) is 0.762. The van der Waals surface area contributed by atoms with E-state index in [9.17, 15) is 0 Å². The Kier molecular flexibility index (Phi) is 3.65. The standard InChI is InChI=1S/C11H9Cl2NS/c12-9-3-1-8(2-4-9)11-6-5-10(15-11)7-14-13/h1-6,14H,7H2. The number of rotatable bonds is 3. The van der Waals surface area contributed by atoms with Crippen molar-refractivity contribution < 1.29 is 0 Å². The molecule has 2 rings (SSSR count). The van der Waals surface area contributed by atoms with Crippen LogP contribution in [-0.2, 0) is 6.54 Å². The predicted octanol–water partition coefficient (Wildman–Crippen LogP) is 4.31.